The molecule has 1 heterocycles. The number of hydrogen-bond acceptors (Lipinski definition) is 3. The van der Waals surface area contributed by atoms with Crippen LogP contribution in [0.4, 0.5) is 11.4 Å². The first-order valence-corrected chi connectivity index (χ1v) is 9.04. The molecule has 2 amide bonds. The Labute approximate surface area is 172 Å². The molecule has 0 radical (unpaired) electrons. The Morgan fingerprint density at radius 3 is 2.32 bits per heavy atom. The van der Waals surface area contributed by atoms with Crippen LogP contribution < -0.4 is 15.4 Å². The average Bonchev–Trinajstić information content (AvgIpc) is 3.17. The molecule has 0 bridgehead atoms. The van der Waals surface area contributed by atoms with Gasteiger partial charge in [0.25, 0.3) is 5.91 Å². The van der Waals surface area contributed by atoms with Crippen LogP contribution in [-0.2, 0) is 4.79 Å². The summed E-state index contributed by atoms with van der Waals surface area (Å²) in [5.41, 5.74) is 1.89. The second-order valence-electron chi connectivity index (χ2n) is 5.92. The number of rotatable bonds is 5. The van der Waals surface area contributed by atoms with E-state index in [2.05, 4.69) is 10.6 Å². The van der Waals surface area contributed by atoms with Gasteiger partial charge in [-0.15, -0.1) is 0 Å². The molecule has 3 rings (SSSR count). The molecule has 0 fully saturated rings. The fourth-order valence-corrected chi connectivity index (χ4v) is 3.16. The zero-order valence-electron chi connectivity index (χ0n) is 15.1. The summed E-state index contributed by atoms with van der Waals surface area (Å²) in [5, 5.41) is 6.04. The Balaban J connectivity index is 1.88. The highest BCUT2D eigenvalue weighted by Gasteiger charge is 2.18. The van der Waals surface area contributed by atoms with Gasteiger partial charge in [0.2, 0.25) is 5.91 Å². The minimum atomic E-state index is -0.424. The first kappa shape index (κ1) is 19.8. The van der Waals surface area contributed by atoms with E-state index in [1.807, 2.05) is 29.1 Å². The van der Waals surface area contributed by atoms with Crippen LogP contribution in [0.1, 0.15) is 17.3 Å². The van der Waals surface area contributed by atoms with E-state index in [0.717, 1.165) is 0 Å². The molecule has 0 atom stereocenters. The van der Waals surface area contributed by atoms with Gasteiger partial charge in [-0.2, -0.15) is 0 Å². The number of anilines is 2. The van der Waals surface area contributed by atoms with Gasteiger partial charge >= 0.3 is 0 Å². The maximum absolute atomic E-state index is 12.8. The lowest BCUT2D eigenvalue weighted by molar-refractivity contribution is -0.114. The first-order valence-electron chi connectivity index (χ1n) is 8.28. The van der Waals surface area contributed by atoms with Crippen LogP contribution in [0, 0.1) is 0 Å². The van der Waals surface area contributed by atoms with Crippen LogP contribution in [0.3, 0.4) is 0 Å². The number of nitrogens with zero attached hydrogens (tertiary/aromatic N) is 1. The van der Waals surface area contributed by atoms with Crippen LogP contribution in [0.25, 0.3) is 5.69 Å². The zero-order chi connectivity index (χ0) is 20.3. The third-order valence-electron chi connectivity index (χ3n) is 3.93. The van der Waals surface area contributed by atoms with Gasteiger partial charge in [-0.05, 0) is 36.4 Å². The molecule has 2 N–H and O–H groups in total. The topological polar surface area (TPSA) is 72.4 Å². The van der Waals surface area contributed by atoms with E-state index >= 15 is 0 Å². The summed E-state index contributed by atoms with van der Waals surface area (Å²) in [4.78, 5) is 23.9. The van der Waals surface area contributed by atoms with E-state index in [4.69, 9.17) is 27.9 Å². The molecule has 28 heavy (non-hydrogen) atoms. The number of aromatic nitrogens is 1. The highest BCUT2D eigenvalue weighted by molar-refractivity contribution is 6.34. The SMILES string of the molecule is COc1cc(-n2cccc2)c(Cl)cc1C(=O)Nc1ccc(NC(C)=O)cc1Cl. The number of halogens is 2. The van der Waals surface area contributed by atoms with Crippen molar-refractivity contribution < 1.29 is 14.3 Å². The number of carbonyl (C=O) groups is 2. The number of benzene rings is 2. The molecule has 6 nitrogen and oxygen atoms in total. The number of ether oxygens (including phenoxy) is 1. The summed E-state index contributed by atoms with van der Waals surface area (Å²) < 4.78 is 7.20. The fraction of sp³-hybridized carbons (Fsp3) is 0.100. The summed E-state index contributed by atoms with van der Waals surface area (Å²) in [6.07, 6.45) is 3.69. The van der Waals surface area contributed by atoms with Crippen LogP contribution >= 0.6 is 23.2 Å². The van der Waals surface area contributed by atoms with Crippen LogP contribution in [0.5, 0.6) is 5.75 Å². The maximum atomic E-state index is 12.8. The first-order chi connectivity index (χ1) is 13.4. The van der Waals surface area contributed by atoms with Crippen LogP contribution in [-0.4, -0.2) is 23.5 Å². The summed E-state index contributed by atoms with van der Waals surface area (Å²) in [6.45, 7) is 1.40. The Bertz CT molecular complexity index is 1030. The monoisotopic (exact) mass is 417 g/mol. The predicted molar refractivity (Wildman–Crippen MR) is 111 cm³/mol. The molecular weight excluding hydrogens is 401 g/mol. The van der Waals surface area contributed by atoms with Crippen molar-refractivity contribution in [3.05, 3.63) is 70.5 Å². The largest absolute Gasteiger partial charge is 0.496 e. The Hall–Kier alpha value is -2.96. The van der Waals surface area contributed by atoms with Crippen molar-refractivity contribution in [3.8, 4) is 11.4 Å². The highest BCUT2D eigenvalue weighted by Crippen LogP contribution is 2.32. The average molecular weight is 418 g/mol. The molecule has 3 aromatic rings. The van der Waals surface area contributed by atoms with E-state index in [1.54, 1.807) is 30.3 Å². The van der Waals surface area contributed by atoms with Crippen molar-refractivity contribution in [2.24, 2.45) is 0 Å². The van der Waals surface area contributed by atoms with Crippen molar-refractivity contribution >= 4 is 46.4 Å². The molecule has 0 aliphatic heterocycles. The van der Waals surface area contributed by atoms with Gasteiger partial charge in [-0.1, -0.05) is 23.2 Å². The molecule has 0 aliphatic carbocycles. The molecule has 144 valence electrons. The lowest BCUT2D eigenvalue weighted by Gasteiger charge is -2.14. The smallest absolute Gasteiger partial charge is 0.259 e. The molecule has 0 saturated heterocycles. The normalized spacial score (nSPS) is 10.4. The summed E-state index contributed by atoms with van der Waals surface area (Å²) in [5.74, 6) is -0.265. The third-order valence-corrected chi connectivity index (χ3v) is 4.55. The minimum absolute atomic E-state index is 0.213. The lowest BCUT2D eigenvalue weighted by atomic mass is 10.1. The van der Waals surface area contributed by atoms with Crippen molar-refractivity contribution in [3.63, 3.8) is 0 Å². The van der Waals surface area contributed by atoms with E-state index < -0.39 is 5.91 Å². The third kappa shape index (κ3) is 4.30. The molecule has 1 aromatic heterocycles. The lowest BCUT2D eigenvalue weighted by Crippen LogP contribution is -2.14. The van der Waals surface area contributed by atoms with Gasteiger partial charge in [-0.25, -0.2) is 0 Å². The fourth-order valence-electron chi connectivity index (χ4n) is 2.67. The summed E-state index contributed by atoms with van der Waals surface area (Å²) in [6, 6.07) is 11.8. The van der Waals surface area contributed by atoms with Gasteiger partial charge in [0, 0.05) is 31.1 Å². The maximum Gasteiger partial charge on any atom is 0.259 e. The van der Waals surface area contributed by atoms with Crippen LogP contribution in [0.2, 0.25) is 10.0 Å². The number of methoxy groups -OCH3 is 1. The van der Waals surface area contributed by atoms with Gasteiger partial charge in [0.1, 0.15) is 5.75 Å². The van der Waals surface area contributed by atoms with Crippen molar-refractivity contribution in [2.45, 2.75) is 6.92 Å². The molecule has 0 aliphatic rings. The minimum Gasteiger partial charge on any atom is -0.496 e. The second-order valence-corrected chi connectivity index (χ2v) is 6.74. The van der Waals surface area contributed by atoms with Gasteiger partial charge in [0.15, 0.2) is 0 Å². The Morgan fingerprint density at radius 2 is 1.71 bits per heavy atom. The molecule has 8 heteroatoms. The summed E-state index contributed by atoms with van der Waals surface area (Å²) >= 11 is 12.6. The number of hydrogen-bond donors (Lipinski definition) is 2. The van der Waals surface area contributed by atoms with Gasteiger partial charge in [0.05, 0.1) is 34.1 Å². The second kappa shape index (κ2) is 8.37. The van der Waals surface area contributed by atoms with Crippen molar-refractivity contribution in [2.75, 3.05) is 17.7 Å². The number of carbonyl (C=O) groups excluding carboxylic acids is 2. The van der Waals surface area contributed by atoms with E-state index in [-0.39, 0.29) is 16.5 Å². The standard InChI is InChI=1S/C20H17Cl2N3O3/c1-12(26)23-13-5-6-17(15(21)9-13)24-20(27)14-10-16(22)18(11-19(14)28-2)25-7-3-4-8-25/h3-11H,1-2H3,(H,23,26)(H,24,27). The molecular formula is C20H17Cl2N3O3. The van der Waals surface area contributed by atoms with E-state index in [0.29, 0.717) is 27.8 Å². The van der Waals surface area contributed by atoms with Gasteiger partial charge < -0.3 is 19.9 Å². The molecule has 2 aromatic carbocycles. The zero-order valence-corrected chi connectivity index (χ0v) is 16.6. The van der Waals surface area contributed by atoms with E-state index in [9.17, 15) is 9.59 Å². The summed E-state index contributed by atoms with van der Waals surface area (Å²) in [7, 11) is 1.48. The van der Waals surface area contributed by atoms with Crippen molar-refractivity contribution in [1.82, 2.24) is 4.57 Å². The van der Waals surface area contributed by atoms with E-state index in [1.165, 1.54) is 14.0 Å². The Kier molecular flexibility index (Phi) is 5.92. The van der Waals surface area contributed by atoms with Crippen molar-refractivity contribution in [1.29, 1.82) is 0 Å². The predicted octanol–water partition coefficient (Wildman–Crippen LogP) is 5.00. The highest BCUT2D eigenvalue weighted by atomic mass is 35.5. The quantitative estimate of drug-likeness (QED) is 0.612. The molecule has 0 saturated carbocycles. The van der Waals surface area contributed by atoms with Crippen LogP contribution in [0.15, 0.2) is 54.9 Å². The van der Waals surface area contributed by atoms with Gasteiger partial charge in [-0.3, -0.25) is 9.59 Å². The molecule has 0 spiro atoms. The number of amides is 2. The number of nitrogens with one attached hydrogen (secondary N) is 2. The molecule has 0 unspecified atom stereocenters. The Morgan fingerprint density at radius 1 is 1.00 bits per heavy atom.